The number of carboxylic acids is 1. The van der Waals surface area contributed by atoms with Crippen LogP contribution in [0.15, 0.2) is 12.1 Å². The van der Waals surface area contributed by atoms with Crippen LogP contribution in [-0.4, -0.2) is 40.9 Å². The number of aliphatic hydroxyl groups excluding tert-OH is 1. The molecule has 0 saturated carbocycles. The van der Waals surface area contributed by atoms with Gasteiger partial charge in [0.15, 0.2) is 0 Å². The van der Waals surface area contributed by atoms with E-state index in [9.17, 15) is 9.90 Å². The molecule has 1 aliphatic rings. The molecule has 0 amide bonds. The molecule has 0 bridgehead atoms. The van der Waals surface area contributed by atoms with E-state index in [1.165, 1.54) is 12.1 Å². The molecule has 2 heterocycles. The summed E-state index contributed by atoms with van der Waals surface area (Å²) in [6, 6.07) is 2.94. The highest BCUT2D eigenvalue weighted by molar-refractivity contribution is 6.29. The molecule has 1 unspecified atom stereocenters. The van der Waals surface area contributed by atoms with Gasteiger partial charge in [0.1, 0.15) is 16.5 Å². The summed E-state index contributed by atoms with van der Waals surface area (Å²) in [4.78, 5) is 17.2. The van der Waals surface area contributed by atoms with Gasteiger partial charge in [-0.15, -0.1) is 0 Å². The number of carboxylic acid groups (broad SMARTS) is 1. The molecule has 0 aliphatic carbocycles. The molecule has 0 aromatic carbocycles. The number of rotatable bonds is 3. The fourth-order valence-electron chi connectivity index (χ4n) is 2.24. The van der Waals surface area contributed by atoms with E-state index in [-0.39, 0.29) is 23.2 Å². The van der Waals surface area contributed by atoms with E-state index in [2.05, 4.69) is 4.98 Å². The van der Waals surface area contributed by atoms with Gasteiger partial charge in [0.25, 0.3) is 0 Å². The van der Waals surface area contributed by atoms with Crippen molar-refractivity contribution in [3.8, 4) is 0 Å². The smallest absolute Gasteiger partial charge is 0.339 e. The Bertz CT molecular complexity index is 453. The van der Waals surface area contributed by atoms with Gasteiger partial charge in [-0.3, -0.25) is 0 Å². The summed E-state index contributed by atoms with van der Waals surface area (Å²) in [5.41, 5.74) is 0.151. The maximum Gasteiger partial charge on any atom is 0.339 e. The maximum atomic E-state index is 11.2. The van der Waals surface area contributed by atoms with Gasteiger partial charge in [-0.05, 0) is 30.9 Å². The Morgan fingerprint density at radius 2 is 2.33 bits per heavy atom. The standard InChI is InChI=1S/C12H15ClN2O3/c13-10-4-3-9(12(17)18)11(14-10)15-5-1-2-8(6-15)7-16/h3-4,8,16H,1-2,5-7H2,(H,17,18). The van der Waals surface area contributed by atoms with Crippen molar-refractivity contribution in [2.75, 3.05) is 24.6 Å². The molecule has 1 fully saturated rings. The van der Waals surface area contributed by atoms with Crippen LogP contribution in [0.1, 0.15) is 23.2 Å². The minimum atomic E-state index is -1.01. The normalized spacial score (nSPS) is 19.9. The predicted molar refractivity (Wildman–Crippen MR) is 68.2 cm³/mol. The molecule has 5 nitrogen and oxygen atoms in total. The number of hydrogen-bond acceptors (Lipinski definition) is 4. The van der Waals surface area contributed by atoms with Crippen LogP contribution in [-0.2, 0) is 0 Å². The van der Waals surface area contributed by atoms with Crippen LogP contribution >= 0.6 is 11.6 Å². The average Bonchev–Trinajstić information content (AvgIpc) is 2.38. The fraction of sp³-hybridized carbons (Fsp3) is 0.500. The summed E-state index contributed by atoms with van der Waals surface area (Å²) in [7, 11) is 0. The van der Waals surface area contributed by atoms with Gasteiger partial charge in [0, 0.05) is 19.7 Å². The lowest BCUT2D eigenvalue weighted by atomic mass is 9.98. The van der Waals surface area contributed by atoms with Crippen molar-refractivity contribution >= 4 is 23.4 Å². The van der Waals surface area contributed by atoms with Crippen LogP contribution in [0.3, 0.4) is 0 Å². The molecule has 1 aliphatic heterocycles. The van der Waals surface area contributed by atoms with Crippen LogP contribution in [0.4, 0.5) is 5.82 Å². The molecule has 1 atom stereocenters. The first-order valence-corrected chi connectivity index (χ1v) is 6.25. The van der Waals surface area contributed by atoms with E-state index in [1.807, 2.05) is 4.90 Å². The zero-order valence-corrected chi connectivity index (χ0v) is 10.6. The van der Waals surface area contributed by atoms with Gasteiger partial charge in [0.2, 0.25) is 0 Å². The number of hydrogen-bond donors (Lipinski definition) is 2. The van der Waals surface area contributed by atoms with Crippen LogP contribution in [0, 0.1) is 5.92 Å². The second-order valence-corrected chi connectivity index (χ2v) is 4.83. The summed E-state index contributed by atoms with van der Waals surface area (Å²) in [5.74, 6) is -0.449. The van der Waals surface area contributed by atoms with E-state index < -0.39 is 5.97 Å². The number of aromatic carboxylic acids is 1. The first kappa shape index (κ1) is 13.1. The highest BCUT2D eigenvalue weighted by atomic mass is 35.5. The molecule has 1 saturated heterocycles. The Kier molecular flexibility index (Phi) is 4.04. The largest absolute Gasteiger partial charge is 0.478 e. The minimum absolute atomic E-state index is 0.111. The van der Waals surface area contributed by atoms with Crippen molar-refractivity contribution in [1.82, 2.24) is 4.98 Å². The quantitative estimate of drug-likeness (QED) is 0.817. The van der Waals surface area contributed by atoms with E-state index in [0.717, 1.165) is 19.4 Å². The number of carbonyl (C=O) groups is 1. The molecule has 1 aromatic rings. The number of anilines is 1. The molecule has 2 rings (SSSR count). The first-order valence-electron chi connectivity index (χ1n) is 5.87. The zero-order chi connectivity index (χ0) is 13.1. The molecule has 0 spiro atoms. The first-order chi connectivity index (χ1) is 8.61. The van der Waals surface area contributed by atoms with Crippen molar-refractivity contribution in [1.29, 1.82) is 0 Å². The Labute approximate surface area is 110 Å². The van der Waals surface area contributed by atoms with Crippen molar-refractivity contribution in [2.45, 2.75) is 12.8 Å². The Hall–Kier alpha value is -1.33. The van der Waals surface area contributed by atoms with E-state index in [4.69, 9.17) is 16.7 Å². The van der Waals surface area contributed by atoms with Crippen molar-refractivity contribution < 1.29 is 15.0 Å². The number of piperidine rings is 1. The van der Waals surface area contributed by atoms with Gasteiger partial charge in [-0.1, -0.05) is 11.6 Å². The van der Waals surface area contributed by atoms with Crippen LogP contribution in [0.5, 0.6) is 0 Å². The van der Waals surface area contributed by atoms with Crippen molar-refractivity contribution in [2.24, 2.45) is 5.92 Å². The lowest BCUT2D eigenvalue weighted by Gasteiger charge is -2.33. The lowest BCUT2D eigenvalue weighted by Crippen LogP contribution is -2.38. The number of pyridine rings is 1. The van der Waals surface area contributed by atoms with Gasteiger partial charge < -0.3 is 15.1 Å². The molecular weight excluding hydrogens is 256 g/mol. The summed E-state index contributed by atoms with van der Waals surface area (Å²) < 4.78 is 0. The predicted octanol–water partition coefficient (Wildman–Crippen LogP) is 1.64. The fourth-order valence-corrected chi connectivity index (χ4v) is 2.38. The second-order valence-electron chi connectivity index (χ2n) is 4.45. The third kappa shape index (κ3) is 2.73. The molecule has 1 aromatic heterocycles. The van der Waals surface area contributed by atoms with Crippen LogP contribution in [0.2, 0.25) is 5.15 Å². The molecule has 0 radical (unpaired) electrons. The van der Waals surface area contributed by atoms with Crippen LogP contribution < -0.4 is 4.90 Å². The van der Waals surface area contributed by atoms with Gasteiger partial charge in [0.05, 0.1) is 0 Å². The third-order valence-corrected chi connectivity index (χ3v) is 3.36. The highest BCUT2D eigenvalue weighted by Gasteiger charge is 2.24. The van der Waals surface area contributed by atoms with Gasteiger partial charge in [-0.25, -0.2) is 9.78 Å². The Balaban J connectivity index is 2.31. The highest BCUT2D eigenvalue weighted by Crippen LogP contribution is 2.26. The van der Waals surface area contributed by atoms with Crippen molar-refractivity contribution in [3.63, 3.8) is 0 Å². The number of aromatic nitrogens is 1. The SMILES string of the molecule is O=C(O)c1ccc(Cl)nc1N1CCCC(CO)C1. The Morgan fingerprint density at radius 3 is 3.00 bits per heavy atom. The third-order valence-electron chi connectivity index (χ3n) is 3.15. The number of aliphatic hydroxyl groups is 1. The average molecular weight is 271 g/mol. The van der Waals surface area contributed by atoms with Crippen molar-refractivity contribution in [3.05, 3.63) is 22.8 Å². The van der Waals surface area contributed by atoms with Gasteiger partial charge in [-0.2, -0.15) is 0 Å². The zero-order valence-electron chi connectivity index (χ0n) is 9.84. The van der Waals surface area contributed by atoms with Gasteiger partial charge >= 0.3 is 5.97 Å². The van der Waals surface area contributed by atoms with Crippen LogP contribution in [0.25, 0.3) is 0 Å². The monoisotopic (exact) mass is 270 g/mol. The molecule has 18 heavy (non-hydrogen) atoms. The molecule has 98 valence electrons. The minimum Gasteiger partial charge on any atom is -0.478 e. The summed E-state index contributed by atoms with van der Waals surface area (Å²) in [5, 5.41) is 18.6. The molecular formula is C12H15ClN2O3. The summed E-state index contributed by atoms with van der Waals surface area (Å²) in [6.45, 7) is 1.47. The number of halogens is 1. The summed E-state index contributed by atoms with van der Waals surface area (Å²) in [6.07, 6.45) is 1.87. The summed E-state index contributed by atoms with van der Waals surface area (Å²) >= 11 is 5.83. The lowest BCUT2D eigenvalue weighted by molar-refractivity contribution is 0.0697. The maximum absolute atomic E-state index is 11.2. The molecule has 2 N–H and O–H groups in total. The molecule has 6 heteroatoms. The Morgan fingerprint density at radius 1 is 1.56 bits per heavy atom. The second kappa shape index (κ2) is 5.54. The number of nitrogens with zero attached hydrogens (tertiary/aromatic N) is 2. The van der Waals surface area contributed by atoms with E-state index in [0.29, 0.717) is 12.4 Å². The van der Waals surface area contributed by atoms with E-state index in [1.54, 1.807) is 0 Å². The van der Waals surface area contributed by atoms with E-state index >= 15 is 0 Å². The topological polar surface area (TPSA) is 73.7 Å².